The minimum absolute atomic E-state index is 0.0101. The van der Waals surface area contributed by atoms with Gasteiger partial charge in [0, 0.05) is 31.0 Å². The molecule has 4 rings (SSSR count). The SMILES string of the molecule is CCCNC(=O)[C@@H]1[C@@H]2CCC3(S2)C(C(=O)NC2CCCCC2)N(CCCCCO)C(=O)[C@H]13. The summed E-state index contributed by atoms with van der Waals surface area (Å²) < 4.78 is -0.480. The highest BCUT2D eigenvalue weighted by Crippen LogP contribution is 2.66. The highest BCUT2D eigenvalue weighted by atomic mass is 32.2. The van der Waals surface area contributed by atoms with E-state index in [-0.39, 0.29) is 41.5 Å². The first-order valence-electron chi connectivity index (χ1n) is 12.7. The van der Waals surface area contributed by atoms with Crippen molar-refractivity contribution in [3.05, 3.63) is 0 Å². The molecule has 3 amide bonds. The number of thioether (sulfide) groups is 1. The van der Waals surface area contributed by atoms with Gasteiger partial charge in [-0.2, -0.15) is 0 Å². The van der Waals surface area contributed by atoms with E-state index in [9.17, 15) is 14.4 Å². The number of carbonyl (C=O) groups excluding carboxylic acids is 3. The van der Waals surface area contributed by atoms with Crippen molar-refractivity contribution in [1.29, 1.82) is 0 Å². The molecule has 8 heteroatoms. The maximum Gasteiger partial charge on any atom is 0.244 e. The molecule has 1 aliphatic carbocycles. The lowest BCUT2D eigenvalue weighted by Gasteiger charge is -2.35. The Morgan fingerprint density at radius 2 is 1.91 bits per heavy atom. The number of amides is 3. The van der Waals surface area contributed by atoms with Crippen molar-refractivity contribution in [3.8, 4) is 0 Å². The van der Waals surface area contributed by atoms with Gasteiger partial charge in [-0.3, -0.25) is 14.4 Å². The van der Waals surface area contributed by atoms with Gasteiger partial charge in [-0.15, -0.1) is 11.8 Å². The fourth-order valence-corrected chi connectivity index (χ4v) is 8.68. The summed E-state index contributed by atoms with van der Waals surface area (Å²) in [6.45, 7) is 3.31. The van der Waals surface area contributed by atoms with Gasteiger partial charge in [0.05, 0.1) is 16.6 Å². The van der Waals surface area contributed by atoms with Gasteiger partial charge in [0.15, 0.2) is 0 Å². The number of unbranched alkanes of at least 4 members (excludes halogenated alkanes) is 2. The Morgan fingerprint density at radius 3 is 2.62 bits per heavy atom. The van der Waals surface area contributed by atoms with E-state index in [1.165, 1.54) is 6.42 Å². The number of nitrogens with one attached hydrogen (secondary N) is 2. The molecule has 4 fully saturated rings. The molecular weight excluding hydrogens is 426 g/mol. The van der Waals surface area contributed by atoms with Crippen LogP contribution in [0.1, 0.15) is 77.6 Å². The third-order valence-corrected chi connectivity index (χ3v) is 9.86. The zero-order valence-electron chi connectivity index (χ0n) is 19.3. The van der Waals surface area contributed by atoms with Crippen LogP contribution in [0.4, 0.5) is 0 Å². The Labute approximate surface area is 195 Å². The number of aliphatic hydroxyl groups excluding tert-OH is 1. The van der Waals surface area contributed by atoms with Crippen LogP contribution in [0.25, 0.3) is 0 Å². The Bertz CT molecular complexity index is 713. The van der Waals surface area contributed by atoms with Gasteiger partial charge < -0.3 is 20.6 Å². The lowest BCUT2D eigenvalue weighted by atomic mass is 9.70. The van der Waals surface area contributed by atoms with Crippen molar-refractivity contribution in [2.45, 2.75) is 99.6 Å². The number of fused-ring (bicyclic) bond motifs is 1. The van der Waals surface area contributed by atoms with Crippen molar-refractivity contribution < 1.29 is 19.5 Å². The van der Waals surface area contributed by atoms with Crippen LogP contribution in [-0.2, 0) is 14.4 Å². The average molecular weight is 466 g/mol. The van der Waals surface area contributed by atoms with Gasteiger partial charge in [-0.05, 0) is 51.4 Å². The van der Waals surface area contributed by atoms with Gasteiger partial charge in [0.2, 0.25) is 17.7 Å². The number of aliphatic hydroxyl groups is 1. The van der Waals surface area contributed by atoms with Crippen LogP contribution in [0.3, 0.4) is 0 Å². The molecule has 0 aromatic carbocycles. The Hall–Kier alpha value is -1.28. The summed E-state index contributed by atoms with van der Waals surface area (Å²) in [5.41, 5.74) is 0. The van der Waals surface area contributed by atoms with E-state index in [0.29, 0.717) is 19.5 Å². The molecule has 2 unspecified atom stereocenters. The normalized spacial score (nSPS) is 34.1. The highest BCUT2D eigenvalue weighted by molar-refractivity contribution is 8.02. The van der Waals surface area contributed by atoms with Crippen molar-refractivity contribution >= 4 is 29.5 Å². The monoisotopic (exact) mass is 465 g/mol. The van der Waals surface area contributed by atoms with Crippen molar-refractivity contribution in [3.63, 3.8) is 0 Å². The number of likely N-dealkylation sites (tertiary alicyclic amines) is 1. The standard InChI is InChI=1S/C24H39N3O4S/c1-2-13-25-21(29)18-17-11-12-24(32-17)19(18)23(31)27(14-7-4-8-15-28)20(24)22(30)26-16-9-5-3-6-10-16/h16-20,28H,2-15H2,1H3,(H,25,29)(H,26,30)/t17-,18+,19-,20?,24?/m0/s1. The number of carbonyl (C=O) groups is 3. The quantitative estimate of drug-likeness (QED) is 0.430. The van der Waals surface area contributed by atoms with E-state index in [4.69, 9.17) is 5.11 Å². The van der Waals surface area contributed by atoms with Crippen LogP contribution in [0.5, 0.6) is 0 Å². The number of nitrogens with zero attached hydrogens (tertiary/aromatic N) is 1. The lowest BCUT2D eigenvalue weighted by Crippen LogP contribution is -2.55. The van der Waals surface area contributed by atoms with Crippen LogP contribution in [0, 0.1) is 11.8 Å². The first kappa shape index (κ1) is 23.9. The van der Waals surface area contributed by atoms with E-state index < -0.39 is 16.7 Å². The summed E-state index contributed by atoms with van der Waals surface area (Å²) in [5, 5.41) is 15.6. The second-order valence-electron chi connectivity index (χ2n) is 10.0. The van der Waals surface area contributed by atoms with Crippen LogP contribution in [0.15, 0.2) is 0 Å². The molecular formula is C24H39N3O4S. The van der Waals surface area contributed by atoms with Crippen molar-refractivity contribution in [2.24, 2.45) is 11.8 Å². The smallest absolute Gasteiger partial charge is 0.244 e. The predicted molar refractivity (Wildman–Crippen MR) is 125 cm³/mol. The Kier molecular flexibility index (Phi) is 7.70. The molecule has 3 heterocycles. The minimum atomic E-state index is -0.491. The summed E-state index contributed by atoms with van der Waals surface area (Å²) in [7, 11) is 0. The highest BCUT2D eigenvalue weighted by Gasteiger charge is 2.73. The molecule has 4 aliphatic rings. The topological polar surface area (TPSA) is 98.7 Å². The second-order valence-corrected chi connectivity index (χ2v) is 11.6. The van der Waals surface area contributed by atoms with Gasteiger partial charge in [0.25, 0.3) is 0 Å². The Balaban J connectivity index is 1.57. The number of rotatable bonds is 10. The molecule has 32 heavy (non-hydrogen) atoms. The molecule has 5 atom stereocenters. The number of hydrogen-bond acceptors (Lipinski definition) is 5. The van der Waals surface area contributed by atoms with E-state index >= 15 is 0 Å². The largest absolute Gasteiger partial charge is 0.396 e. The van der Waals surface area contributed by atoms with Crippen LogP contribution >= 0.6 is 11.8 Å². The minimum Gasteiger partial charge on any atom is -0.396 e. The molecule has 1 saturated carbocycles. The molecule has 7 nitrogen and oxygen atoms in total. The predicted octanol–water partition coefficient (Wildman–Crippen LogP) is 2.22. The lowest BCUT2D eigenvalue weighted by molar-refractivity contribution is -0.140. The van der Waals surface area contributed by atoms with Crippen molar-refractivity contribution in [1.82, 2.24) is 15.5 Å². The van der Waals surface area contributed by atoms with Crippen LogP contribution in [0.2, 0.25) is 0 Å². The third kappa shape index (κ3) is 4.29. The summed E-state index contributed by atoms with van der Waals surface area (Å²) in [4.78, 5) is 42.3. The molecule has 3 aliphatic heterocycles. The first-order valence-corrected chi connectivity index (χ1v) is 13.6. The van der Waals surface area contributed by atoms with Gasteiger partial charge in [-0.1, -0.05) is 26.2 Å². The first-order chi connectivity index (χ1) is 15.5. The van der Waals surface area contributed by atoms with Gasteiger partial charge in [0.1, 0.15) is 6.04 Å². The molecule has 1 spiro atoms. The van der Waals surface area contributed by atoms with E-state index in [1.807, 2.05) is 6.92 Å². The zero-order chi connectivity index (χ0) is 22.7. The second kappa shape index (κ2) is 10.3. The maximum atomic E-state index is 13.7. The van der Waals surface area contributed by atoms with E-state index in [1.54, 1.807) is 16.7 Å². The summed E-state index contributed by atoms with van der Waals surface area (Å²) in [6.07, 6.45) is 10.4. The fourth-order valence-electron chi connectivity index (χ4n) is 6.46. The summed E-state index contributed by atoms with van der Waals surface area (Å²) in [5.74, 6) is -0.775. The van der Waals surface area contributed by atoms with E-state index in [2.05, 4.69) is 10.6 Å². The van der Waals surface area contributed by atoms with Crippen molar-refractivity contribution in [2.75, 3.05) is 19.7 Å². The van der Waals surface area contributed by atoms with Crippen LogP contribution in [-0.4, -0.2) is 69.5 Å². The molecule has 0 radical (unpaired) electrons. The molecule has 2 bridgehead atoms. The Morgan fingerprint density at radius 1 is 1.12 bits per heavy atom. The van der Waals surface area contributed by atoms with Gasteiger partial charge in [-0.25, -0.2) is 0 Å². The molecule has 0 aromatic heterocycles. The number of hydrogen-bond donors (Lipinski definition) is 3. The fraction of sp³-hybridized carbons (Fsp3) is 0.875. The third-order valence-electron chi connectivity index (χ3n) is 7.91. The summed E-state index contributed by atoms with van der Waals surface area (Å²) >= 11 is 1.74. The van der Waals surface area contributed by atoms with E-state index in [0.717, 1.165) is 57.8 Å². The zero-order valence-corrected chi connectivity index (χ0v) is 20.1. The average Bonchev–Trinajstić information content (AvgIpc) is 3.43. The molecule has 3 N–H and O–H groups in total. The maximum absolute atomic E-state index is 13.7. The van der Waals surface area contributed by atoms with Gasteiger partial charge >= 0.3 is 0 Å². The molecule has 0 aromatic rings. The molecule has 180 valence electrons. The van der Waals surface area contributed by atoms with Crippen LogP contribution < -0.4 is 10.6 Å². The molecule has 3 saturated heterocycles. The summed E-state index contributed by atoms with van der Waals surface area (Å²) in [6, 6.07) is -0.291.